The van der Waals surface area contributed by atoms with Crippen LogP contribution in [0.3, 0.4) is 0 Å². The van der Waals surface area contributed by atoms with E-state index in [0.29, 0.717) is 0 Å². The van der Waals surface area contributed by atoms with Crippen LogP contribution in [0.25, 0.3) is 0 Å². The third-order valence-corrected chi connectivity index (χ3v) is 3.35. The smallest absolute Gasteiger partial charge is 0.174 e. The van der Waals surface area contributed by atoms with Crippen LogP contribution < -0.4 is 5.43 Å². The minimum Gasteiger partial charge on any atom is -0.174 e. The molecule has 1 aromatic rings. The molecule has 0 saturated carbocycles. The van der Waals surface area contributed by atoms with Crippen molar-refractivity contribution < 1.29 is 4.68 Å². The molecule has 13 heavy (non-hydrogen) atoms. The lowest BCUT2D eigenvalue weighted by molar-refractivity contribution is -0.551. The number of nitrogens with one attached hydrogen (secondary N) is 1. The number of thiol groups is 1. The molecule has 0 aliphatic carbocycles. The van der Waals surface area contributed by atoms with Gasteiger partial charge in [0.1, 0.15) is 0 Å². The predicted octanol–water partition coefficient (Wildman–Crippen LogP) is 1.54. The lowest BCUT2D eigenvalue weighted by Crippen LogP contribution is -2.25. The molecule has 4 heteroatoms. The normalized spacial score (nSPS) is 21.8. The number of hydrogen-bond acceptors (Lipinski definition) is 3. The zero-order valence-electron chi connectivity index (χ0n) is 7.27. The topological polar surface area (TPSA) is 15.0 Å². The van der Waals surface area contributed by atoms with E-state index in [0.717, 1.165) is 0 Å². The van der Waals surface area contributed by atoms with Crippen LogP contribution in [0.5, 0.6) is 0 Å². The molecule has 1 heterocycles. The van der Waals surface area contributed by atoms with Gasteiger partial charge in [0.25, 0.3) is 5.04 Å². The van der Waals surface area contributed by atoms with Crippen molar-refractivity contribution in [1.82, 2.24) is 5.43 Å². The number of hydrazone groups is 1. The summed E-state index contributed by atoms with van der Waals surface area (Å²) in [7, 11) is 2.01. The van der Waals surface area contributed by atoms with Gasteiger partial charge in [0.05, 0.1) is 5.56 Å². The second-order valence-corrected chi connectivity index (χ2v) is 4.79. The Morgan fingerprint density at radius 3 is 2.62 bits per heavy atom. The zero-order chi connectivity index (χ0) is 9.26. The van der Waals surface area contributed by atoms with Crippen LogP contribution in [-0.4, -0.2) is 21.5 Å². The Balaban J connectivity index is 2.33. The molecule has 0 bridgehead atoms. The first-order chi connectivity index (χ1) is 6.27. The van der Waals surface area contributed by atoms with Crippen molar-refractivity contribution in [3.63, 3.8) is 0 Å². The van der Waals surface area contributed by atoms with Gasteiger partial charge in [0.2, 0.25) is 0 Å². The number of thioether (sulfide) groups is 1. The Bertz CT molecular complexity index is 335. The quantitative estimate of drug-likeness (QED) is 0.541. The Morgan fingerprint density at radius 1 is 1.38 bits per heavy atom. The van der Waals surface area contributed by atoms with Gasteiger partial charge in [-0.3, -0.25) is 0 Å². The Labute approximate surface area is 87.4 Å². The van der Waals surface area contributed by atoms with E-state index in [1.165, 1.54) is 10.6 Å². The van der Waals surface area contributed by atoms with E-state index in [-0.39, 0.29) is 4.71 Å². The summed E-state index contributed by atoms with van der Waals surface area (Å²) < 4.78 is 2.18. The van der Waals surface area contributed by atoms with Crippen molar-refractivity contribution in [2.75, 3.05) is 7.05 Å². The molecule has 1 aliphatic heterocycles. The van der Waals surface area contributed by atoms with E-state index in [1.807, 2.05) is 29.9 Å². The largest absolute Gasteiger partial charge is 0.273 e. The maximum atomic E-state index is 4.35. The highest BCUT2D eigenvalue weighted by molar-refractivity contribution is 8.21. The molecule has 0 radical (unpaired) electrons. The highest BCUT2D eigenvalue weighted by Gasteiger charge is 2.27. The molecule has 1 aromatic carbocycles. The summed E-state index contributed by atoms with van der Waals surface area (Å²) >= 11 is 6.07. The number of rotatable bonds is 1. The van der Waals surface area contributed by atoms with E-state index < -0.39 is 0 Å². The lowest BCUT2D eigenvalue weighted by atomic mass is 10.2. The van der Waals surface area contributed by atoms with Crippen molar-refractivity contribution in [3.05, 3.63) is 35.9 Å². The van der Waals surface area contributed by atoms with E-state index in [9.17, 15) is 0 Å². The Hall–Kier alpha value is -0.610. The molecule has 2 rings (SSSR count). The summed E-state index contributed by atoms with van der Waals surface area (Å²) in [6.07, 6.45) is 0. The standard InChI is InChI=1S/C9H10N2S2/c1-11-8(13-9(12)10-11)7-5-3-2-4-6-7/h2-6,9-10H,1H3/p+1. The summed E-state index contributed by atoms with van der Waals surface area (Å²) in [4.78, 5) is 0. The van der Waals surface area contributed by atoms with Gasteiger partial charge in [-0.15, -0.1) is 17.3 Å². The molecule has 0 fully saturated rings. The van der Waals surface area contributed by atoms with Crippen LogP contribution >= 0.6 is 24.4 Å². The molecule has 0 spiro atoms. The maximum absolute atomic E-state index is 4.35. The van der Waals surface area contributed by atoms with Crippen LogP contribution in [0, 0.1) is 0 Å². The molecule has 0 aromatic heterocycles. The molecular weight excluding hydrogens is 200 g/mol. The number of nitrogens with zero attached hydrogens (tertiary/aromatic N) is 1. The monoisotopic (exact) mass is 211 g/mol. The van der Waals surface area contributed by atoms with Crippen molar-refractivity contribution in [2.45, 2.75) is 4.71 Å². The van der Waals surface area contributed by atoms with Gasteiger partial charge in [0, 0.05) is 0 Å². The minimum atomic E-state index is 0.167. The van der Waals surface area contributed by atoms with E-state index in [1.54, 1.807) is 11.8 Å². The van der Waals surface area contributed by atoms with Crippen LogP contribution in [0.15, 0.2) is 30.3 Å². The van der Waals surface area contributed by atoms with Gasteiger partial charge in [-0.25, -0.2) is 0 Å². The van der Waals surface area contributed by atoms with E-state index in [2.05, 4.69) is 30.2 Å². The second kappa shape index (κ2) is 3.64. The first kappa shape index (κ1) is 8.97. The number of benzene rings is 1. The molecule has 1 unspecified atom stereocenters. The van der Waals surface area contributed by atoms with Crippen molar-refractivity contribution in [3.8, 4) is 0 Å². The van der Waals surface area contributed by atoms with Crippen molar-refractivity contribution in [2.24, 2.45) is 0 Å². The van der Waals surface area contributed by atoms with Crippen molar-refractivity contribution >= 4 is 29.4 Å². The minimum absolute atomic E-state index is 0.167. The highest BCUT2D eigenvalue weighted by atomic mass is 32.2. The summed E-state index contributed by atoms with van der Waals surface area (Å²) in [6.45, 7) is 0. The second-order valence-electron chi connectivity index (χ2n) is 2.83. The Morgan fingerprint density at radius 2 is 2.08 bits per heavy atom. The zero-order valence-corrected chi connectivity index (χ0v) is 8.98. The van der Waals surface area contributed by atoms with Gasteiger partial charge in [-0.1, -0.05) is 18.2 Å². The average Bonchev–Trinajstić information content (AvgIpc) is 2.47. The van der Waals surface area contributed by atoms with Gasteiger partial charge in [-0.2, -0.15) is 5.43 Å². The van der Waals surface area contributed by atoms with Gasteiger partial charge in [0.15, 0.2) is 11.8 Å². The van der Waals surface area contributed by atoms with E-state index in [4.69, 9.17) is 0 Å². The third kappa shape index (κ3) is 1.84. The van der Waals surface area contributed by atoms with Gasteiger partial charge in [-0.05, 0) is 23.9 Å². The molecule has 0 saturated heterocycles. The molecule has 0 amide bonds. The van der Waals surface area contributed by atoms with Gasteiger partial charge < -0.3 is 0 Å². The molecule has 2 nitrogen and oxygen atoms in total. The molecule has 1 aliphatic rings. The number of hydrazine groups is 1. The predicted molar refractivity (Wildman–Crippen MR) is 60.2 cm³/mol. The fourth-order valence-corrected chi connectivity index (χ4v) is 2.66. The summed E-state index contributed by atoms with van der Waals surface area (Å²) in [5, 5.41) is 1.22. The fraction of sp³-hybridized carbons (Fsp3) is 0.222. The summed E-state index contributed by atoms with van der Waals surface area (Å²) in [6, 6.07) is 10.3. The summed E-state index contributed by atoms with van der Waals surface area (Å²) in [5.41, 5.74) is 4.42. The van der Waals surface area contributed by atoms with Crippen LogP contribution in [0.2, 0.25) is 0 Å². The molecular formula is C9H11N2S2+. The first-order valence-corrected chi connectivity index (χ1v) is 5.44. The maximum Gasteiger partial charge on any atom is 0.273 e. The number of hydrogen-bond donors (Lipinski definition) is 2. The lowest BCUT2D eigenvalue weighted by Gasteiger charge is -1.93. The molecule has 68 valence electrons. The third-order valence-electron chi connectivity index (χ3n) is 1.85. The van der Waals surface area contributed by atoms with Crippen molar-refractivity contribution in [1.29, 1.82) is 0 Å². The SMILES string of the molecule is C[N+]1=C(c2ccccc2)SC(S)N1. The van der Waals surface area contributed by atoms with Crippen LogP contribution in [0.4, 0.5) is 0 Å². The van der Waals surface area contributed by atoms with Crippen LogP contribution in [0.1, 0.15) is 5.56 Å². The molecule has 1 atom stereocenters. The summed E-state index contributed by atoms with van der Waals surface area (Å²) in [5.74, 6) is 0. The molecule has 1 N–H and O–H groups in total. The van der Waals surface area contributed by atoms with Gasteiger partial charge >= 0.3 is 0 Å². The van der Waals surface area contributed by atoms with E-state index >= 15 is 0 Å². The van der Waals surface area contributed by atoms with Crippen LogP contribution in [-0.2, 0) is 0 Å². The highest BCUT2D eigenvalue weighted by Crippen LogP contribution is 2.23. The Kier molecular flexibility index (Phi) is 2.51. The average molecular weight is 211 g/mol. The fourth-order valence-electron chi connectivity index (χ4n) is 1.28. The first-order valence-electron chi connectivity index (χ1n) is 4.04.